The SMILES string of the molecule is COCCN=C(NCCc1ccco1)NC(C)c1ccccc1.I. The highest BCUT2D eigenvalue weighted by molar-refractivity contribution is 14.0. The zero-order valence-corrected chi connectivity index (χ0v) is 16.5. The van der Waals surface area contributed by atoms with Crippen LogP contribution in [0.3, 0.4) is 0 Å². The Morgan fingerprint density at radius 2 is 2.00 bits per heavy atom. The van der Waals surface area contributed by atoms with Gasteiger partial charge in [-0.2, -0.15) is 0 Å². The van der Waals surface area contributed by atoms with Crippen LogP contribution >= 0.6 is 24.0 Å². The molecule has 6 heteroatoms. The Bertz CT molecular complexity index is 573. The molecule has 0 saturated heterocycles. The van der Waals surface area contributed by atoms with E-state index in [1.54, 1.807) is 13.4 Å². The third kappa shape index (κ3) is 7.35. The standard InChI is InChI=1S/C18H25N3O2.HI/c1-15(16-7-4-3-5-8-16)21-18(20-12-14-22-2)19-11-10-17-9-6-13-23-17;/h3-9,13,15H,10-12,14H2,1-2H3,(H2,19,20,21);1H. The molecule has 0 aliphatic carbocycles. The van der Waals surface area contributed by atoms with Gasteiger partial charge in [-0.3, -0.25) is 4.99 Å². The summed E-state index contributed by atoms with van der Waals surface area (Å²) in [6.07, 6.45) is 2.51. The Labute approximate surface area is 160 Å². The number of benzene rings is 1. The second-order valence-electron chi connectivity index (χ2n) is 5.26. The first kappa shape index (κ1) is 20.5. The van der Waals surface area contributed by atoms with Gasteiger partial charge in [-0.05, 0) is 24.6 Å². The molecule has 0 spiro atoms. The third-order valence-corrected chi connectivity index (χ3v) is 3.46. The van der Waals surface area contributed by atoms with Crippen molar-refractivity contribution in [2.45, 2.75) is 19.4 Å². The molecule has 5 nitrogen and oxygen atoms in total. The van der Waals surface area contributed by atoms with Crippen LogP contribution in [0.1, 0.15) is 24.3 Å². The summed E-state index contributed by atoms with van der Waals surface area (Å²) in [5, 5.41) is 6.77. The van der Waals surface area contributed by atoms with Crippen LogP contribution in [-0.2, 0) is 11.2 Å². The molecule has 0 bridgehead atoms. The van der Waals surface area contributed by atoms with Crippen molar-refractivity contribution in [3.05, 3.63) is 60.1 Å². The van der Waals surface area contributed by atoms with Gasteiger partial charge < -0.3 is 19.8 Å². The van der Waals surface area contributed by atoms with Gasteiger partial charge in [0.1, 0.15) is 5.76 Å². The monoisotopic (exact) mass is 443 g/mol. The van der Waals surface area contributed by atoms with Gasteiger partial charge in [-0.25, -0.2) is 0 Å². The summed E-state index contributed by atoms with van der Waals surface area (Å²) in [5.41, 5.74) is 1.22. The van der Waals surface area contributed by atoms with Gasteiger partial charge in [-0.15, -0.1) is 24.0 Å². The Kier molecular flexibility index (Phi) is 10.2. The minimum absolute atomic E-state index is 0. The normalized spacial score (nSPS) is 12.3. The summed E-state index contributed by atoms with van der Waals surface area (Å²) in [7, 11) is 1.68. The van der Waals surface area contributed by atoms with E-state index in [9.17, 15) is 0 Å². The van der Waals surface area contributed by atoms with E-state index in [0.29, 0.717) is 13.2 Å². The molecule has 0 fully saturated rings. The number of aliphatic imine (C=N–C) groups is 1. The van der Waals surface area contributed by atoms with Crippen LogP contribution in [-0.4, -0.2) is 32.8 Å². The van der Waals surface area contributed by atoms with Gasteiger partial charge in [0.15, 0.2) is 5.96 Å². The fraction of sp³-hybridized carbons (Fsp3) is 0.389. The molecule has 2 rings (SSSR count). The summed E-state index contributed by atoms with van der Waals surface area (Å²) in [4.78, 5) is 4.54. The molecule has 0 saturated carbocycles. The second kappa shape index (κ2) is 11.9. The Morgan fingerprint density at radius 3 is 2.67 bits per heavy atom. The first-order valence-corrected chi connectivity index (χ1v) is 7.90. The number of nitrogens with zero attached hydrogens (tertiary/aromatic N) is 1. The molecule has 24 heavy (non-hydrogen) atoms. The van der Waals surface area contributed by atoms with E-state index < -0.39 is 0 Å². The lowest BCUT2D eigenvalue weighted by Crippen LogP contribution is -2.40. The zero-order chi connectivity index (χ0) is 16.3. The van der Waals surface area contributed by atoms with E-state index in [0.717, 1.165) is 24.7 Å². The van der Waals surface area contributed by atoms with Crippen molar-refractivity contribution in [3.63, 3.8) is 0 Å². The van der Waals surface area contributed by atoms with E-state index in [-0.39, 0.29) is 30.0 Å². The lowest BCUT2D eigenvalue weighted by atomic mass is 10.1. The number of guanidine groups is 1. The highest BCUT2D eigenvalue weighted by Crippen LogP contribution is 2.10. The molecule has 1 unspecified atom stereocenters. The lowest BCUT2D eigenvalue weighted by molar-refractivity contribution is 0.208. The first-order chi connectivity index (χ1) is 11.3. The van der Waals surface area contributed by atoms with Crippen molar-refractivity contribution in [3.8, 4) is 0 Å². The van der Waals surface area contributed by atoms with Gasteiger partial charge in [0.2, 0.25) is 0 Å². The van der Waals surface area contributed by atoms with Gasteiger partial charge in [0.05, 0.1) is 25.5 Å². The van der Waals surface area contributed by atoms with E-state index >= 15 is 0 Å². The molecule has 1 atom stereocenters. The van der Waals surface area contributed by atoms with Crippen LogP contribution in [0.15, 0.2) is 58.1 Å². The highest BCUT2D eigenvalue weighted by Gasteiger charge is 2.07. The van der Waals surface area contributed by atoms with Crippen molar-refractivity contribution >= 4 is 29.9 Å². The number of methoxy groups -OCH3 is 1. The fourth-order valence-electron chi connectivity index (χ4n) is 2.19. The van der Waals surface area contributed by atoms with Crippen molar-refractivity contribution in [2.24, 2.45) is 4.99 Å². The van der Waals surface area contributed by atoms with Crippen molar-refractivity contribution in [1.82, 2.24) is 10.6 Å². The average molecular weight is 443 g/mol. The molecule has 2 N–H and O–H groups in total. The highest BCUT2D eigenvalue weighted by atomic mass is 127. The Morgan fingerprint density at radius 1 is 1.21 bits per heavy atom. The molecule has 0 aliphatic rings. The van der Waals surface area contributed by atoms with Crippen LogP contribution in [0.2, 0.25) is 0 Å². The summed E-state index contributed by atoms with van der Waals surface area (Å²) in [6.45, 7) is 4.10. The third-order valence-electron chi connectivity index (χ3n) is 3.46. The largest absolute Gasteiger partial charge is 0.469 e. The molecule has 1 aromatic carbocycles. The summed E-state index contributed by atoms with van der Waals surface area (Å²) in [5.74, 6) is 1.75. The predicted molar refractivity (Wildman–Crippen MR) is 108 cm³/mol. The van der Waals surface area contributed by atoms with Gasteiger partial charge in [0.25, 0.3) is 0 Å². The molecular formula is C18H26IN3O2. The van der Waals surface area contributed by atoms with E-state index in [1.807, 2.05) is 30.3 Å². The topological polar surface area (TPSA) is 58.8 Å². The van der Waals surface area contributed by atoms with Gasteiger partial charge >= 0.3 is 0 Å². The maximum atomic E-state index is 5.34. The van der Waals surface area contributed by atoms with Crippen LogP contribution in [0, 0.1) is 0 Å². The van der Waals surface area contributed by atoms with Crippen molar-refractivity contribution in [1.29, 1.82) is 0 Å². The van der Waals surface area contributed by atoms with E-state index in [2.05, 4.69) is 34.7 Å². The molecule has 0 radical (unpaired) electrons. The second-order valence-corrected chi connectivity index (χ2v) is 5.26. The molecule has 1 aromatic heterocycles. The molecule has 0 aliphatic heterocycles. The Balaban J connectivity index is 0.00000288. The first-order valence-electron chi connectivity index (χ1n) is 7.90. The maximum absolute atomic E-state index is 5.34. The number of hydrogen-bond acceptors (Lipinski definition) is 3. The Hall–Kier alpha value is -1.54. The summed E-state index contributed by atoms with van der Waals surface area (Å²) >= 11 is 0. The smallest absolute Gasteiger partial charge is 0.191 e. The quantitative estimate of drug-likeness (QED) is 0.284. The number of nitrogens with one attached hydrogen (secondary N) is 2. The maximum Gasteiger partial charge on any atom is 0.191 e. The van der Waals surface area contributed by atoms with Crippen molar-refractivity contribution < 1.29 is 9.15 Å². The summed E-state index contributed by atoms with van der Waals surface area (Å²) < 4.78 is 10.4. The lowest BCUT2D eigenvalue weighted by Gasteiger charge is -2.18. The van der Waals surface area contributed by atoms with Crippen molar-refractivity contribution in [2.75, 3.05) is 26.8 Å². The van der Waals surface area contributed by atoms with Crippen LogP contribution < -0.4 is 10.6 Å². The number of hydrogen-bond donors (Lipinski definition) is 2. The van der Waals surface area contributed by atoms with Gasteiger partial charge in [-0.1, -0.05) is 30.3 Å². The average Bonchev–Trinajstić information content (AvgIpc) is 3.09. The minimum Gasteiger partial charge on any atom is -0.469 e. The zero-order valence-electron chi connectivity index (χ0n) is 14.2. The van der Waals surface area contributed by atoms with Crippen LogP contribution in [0.4, 0.5) is 0 Å². The number of halogens is 1. The number of rotatable bonds is 8. The van der Waals surface area contributed by atoms with E-state index in [4.69, 9.17) is 9.15 Å². The molecule has 2 aromatic rings. The predicted octanol–water partition coefficient (Wildman–Crippen LogP) is 3.38. The van der Waals surface area contributed by atoms with Crippen LogP contribution in [0.5, 0.6) is 0 Å². The van der Waals surface area contributed by atoms with Crippen LogP contribution in [0.25, 0.3) is 0 Å². The number of ether oxygens (including phenoxy) is 1. The summed E-state index contributed by atoms with van der Waals surface area (Å²) in [6, 6.07) is 14.4. The minimum atomic E-state index is 0. The fourth-order valence-corrected chi connectivity index (χ4v) is 2.19. The van der Waals surface area contributed by atoms with Gasteiger partial charge in [0, 0.05) is 20.1 Å². The molecule has 1 heterocycles. The molecule has 0 amide bonds. The van der Waals surface area contributed by atoms with E-state index in [1.165, 1.54) is 5.56 Å². The molecular weight excluding hydrogens is 417 g/mol. The number of furan rings is 1. The molecule has 132 valence electrons.